The highest BCUT2D eigenvalue weighted by molar-refractivity contribution is 6.83. The molecule has 0 aromatic rings. The maximum absolute atomic E-state index is 2.71. The molecular weight excluding hydrogens is 248 g/mol. The van der Waals surface area contributed by atoms with E-state index < -0.39 is 16.1 Å². The highest BCUT2D eigenvalue weighted by Gasteiger charge is 2.34. The van der Waals surface area contributed by atoms with Gasteiger partial charge in [-0.3, -0.25) is 0 Å². The van der Waals surface area contributed by atoms with Gasteiger partial charge in [-0.2, -0.15) is 0 Å². The second kappa shape index (κ2) is 8.57. The Labute approximate surface area is 119 Å². The standard InChI is InChI=1S/C16H38Si2/c1-8-11-13-18(7,14-12-9-2)15-16(10-3)17(4,5)6/h16H,8-15H2,1-7H3. The van der Waals surface area contributed by atoms with Gasteiger partial charge in [-0.15, -0.1) is 0 Å². The lowest BCUT2D eigenvalue weighted by atomic mass is 10.4. The van der Waals surface area contributed by atoms with Crippen LogP contribution in [0.25, 0.3) is 0 Å². The SMILES string of the molecule is CCCC[Si](C)(CCCC)CC(CC)[Si](C)(C)C. The van der Waals surface area contributed by atoms with Gasteiger partial charge >= 0.3 is 0 Å². The molecule has 0 fully saturated rings. The van der Waals surface area contributed by atoms with Crippen LogP contribution in [0.15, 0.2) is 0 Å². The van der Waals surface area contributed by atoms with E-state index in [1.165, 1.54) is 32.1 Å². The lowest BCUT2D eigenvalue weighted by molar-refractivity contribution is 0.780. The summed E-state index contributed by atoms with van der Waals surface area (Å²) in [6.07, 6.45) is 7.16. The van der Waals surface area contributed by atoms with Gasteiger partial charge in [0.1, 0.15) is 0 Å². The zero-order valence-corrected chi connectivity index (χ0v) is 16.2. The van der Waals surface area contributed by atoms with Crippen molar-refractivity contribution in [1.82, 2.24) is 0 Å². The monoisotopic (exact) mass is 286 g/mol. The number of rotatable bonds is 10. The zero-order chi connectivity index (χ0) is 14.2. The van der Waals surface area contributed by atoms with Crippen LogP contribution in [0.3, 0.4) is 0 Å². The Balaban J connectivity index is 4.63. The lowest BCUT2D eigenvalue weighted by Crippen LogP contribution is -2.38. The summed E-state index contributed by atoms with van der Waals surface area (Å²) in [6, 6.07) is 4.80. The molecule has 110 valence electrons. The molecule has 0 saturated carbocycles. The number of hydrogen-bond acceptors (Lipinski definition) is 0. The smallest absolute Gasteiger partial charge is 0.0504 e. The molecule has 0 aromatic heterocycles. The van der Waals surface area contributed by atoms with Crippen LogP contribution < -0.4 is 0 Å². The van der Waals surface area contributed by atoms with E-state index in [-0.39, 0.29) is 0 Å². The van der Waals surface area contributed by atoms with Gasteiger partial charge in [0.25, 0.3) is 0 Å². The van der Waals surface area contributed by atoms with E-state index in [1.54, 1.807) is 18.1 Å². The van der Waals surface area contributed by atoms with E-state index in [4.69, 9.17) is 0 Å². The maximum Gasteiger partial charge on any atom is 0.0504 e. The summed E-state index contributed by atoms with van der Waals surface area (Å²) >= 11 is 0. The van der Waals surface area contributed by atoms with Gasteiger partial charge in [0.05, 0.1) is 8.07 Å². The molecule has 0 radical (unpaired) electrons. The minimum Gasteiger partial charge on any atom is -0.0694 e. The van der Waals surface area contributed by atoms with Crippen molar-refractivity contribution < 1.29 is 0 Å². The fourth-order valence-corrected chi connectivity index (χ4v) is 12.9. The molecule has 1 atom stereocenters. The summed E-state index contributed by atoms with van der Waals surface area (Å²) in [7, 11) is -1.89. The van der Waals surface area contributed by atoms with Crippen molar-refractivity contribution in [3.05, 3.63) is 0 Å². The van der Waals surface area contributed by atoms with Crippen LogP contribution in [-0.2, 0) is 0 Å². The van der Waals surface area contributed by atoms with E-state index in [2.05, 4.69) is 47.0 Å². The molecule has 0 bridgehead atoms. The van der Waals surface area contributed by atoms with Gasteiger partial charge in [-0.1, -0.05) is 97.2 Å². The molecule has 2 heteroatoms. The molecule has 0 amide bonds. The van der Waals surface area contributed by atoms with Crippen LogP contribution in [0.1, 0.15) is 52.9 Å². The molecule has 0 aromatic carbocycles. The third kappa shape index (κ3) is 7.13. The quantitative estimate of drug-likeness (QED) is 0.388. The molecule has 0 spiro atoms. The topological polar surface area (TPSA) is 0 Å². The van der Waals surface area contributed by atoms with Crippen molar-refractivity contribution in [2.45, 2.75) is 103 Å². The first-order valence-corrected chi connectivity index (χ1v) is 15.0. The van der Waals surface area contributed by atoms with Gasteiger partial charge < -0.3 is 0 Å². The van der Waals surface area contributed by atoms with E-state index >= 15 is 0 Å². The fourth-order valence-electron chi connectivity index (χ4n) is 3.19. The first-order valence-electron chi connectivity index (χ1n) is 8.29. The predicted molar refractivity (Wildman–Crippen MR) is 93.2 cm³/mol. The van der Waals surface area contributed by atoms with Crippen LogP contribution in [0, 0.1) is 0 Å². The van der Waals surface area contributed by atoms with Crippen molar-refractivity contribution in [2.24, 2.45) is 0 Å². The summed E-state index contributed by atoms with van der Waals surface area (Å²) in [5.41, 5.74) is 1.07. The summed E-state index contributed by atoms with van der Waals surface area (Å²) in [5.74, 6) is 0. The second-order valence-corrected chi connectivity index (χ2v) is 18.3. The van der Waals surface area contributed by atoms with Crippen LogP contribution >= 0.6 is 0 Å². The maximum atomic E-state index is 2.71. The Bertz CT molecular complexity index is 198. The molecule has 0 aliphatic carbocycles. The fraction of sp³-hybridized carbons (Fsp3) is 1.00. The van der Waals surface area contributed by atoms with Crippen molar-refractivity contribution >= 4 is 16.1 Å². The third-order valence-electron chi connectivity index (χ3n) is 4.72. The van der Waals surface area contributed by atoms with Crippen LogP contribution in [0.5, 0.6) is 0 Å². The molecular formula is C16H38Si2. The predicted octanol–water partition coefficient (Wildman–Crippen LogP) is 6.78. The average molecular weight is 287 g/mol. The van der Waals surface area contributed by atoms with Crippen molar-refractivity contribution in [3.63, 3.8) is 0 Å². The summed E-state index contributed by atoms with van der Waals surface area (Å²) in [4.78, 5) is 0. The van der Waals surface area contributed by atoms with Crippen LogP contribution in [-0.4, -0.2) is 16.1 Å². The van der Waals surface area contributed by atoms with Gasteiger partial charge in [-0.05, 0) is 5.54 Å². The van der Waals surface area contributed by atoms with Gasteiger partial charge in [0.15, 0.2) is 0 Å². The third-order valence-corrected chi connectivity index (χ3v) is 12.8. The van der Waals surface area contributed by atoms with Crippen LogP contribution in [0.2, 0.25) is 49.9 Å². The van der Waals surface area contributed by atoms with Crippen molar-refractivity contribution in [1.29, 1.82) is 0 Å². The van der Waals surface area contributed by atoms with Crippen molar-refractivity contribution in [3.8, 4) is 0 Å². The summed E-state index contributed by atoms with van der Waals surface area (Å²) < 4.78 is 0. The zero-order valence-electron chi connectivity index (χ0n) is 14.2. The molecule has 0 nitrogen and oxygen atoms in total. The Kier molecular flexibility index (Phi) is 8.78. The Hall–Kier alpha value is 0.434. The van der Waals surface area contributed by atoms with Gasteiger partial charge in [0, 0.05) is 8.07 Å². The summed E-state index contributed by atoms with van der Waals surface area (Å²) in [6.45, 7) is 17.6. The molecule has 0 rings (SSSR count). The average Bonchev–Trinajstić information content (AvgIpc) is 2.30. The molecule has 1 unspecified atom stereocenters. The second-order valence-electron chi connectivity index (χ2n) is 7.69. The van der Waals surface area contributed by atoms with Crippen molar-refractivity contribution in [2.75, 3.05) is 0 Å². The van der Waals surface area contributed by atoms with E-state index in [1.807, 2.05) is 0 Å². The van der Waals surface area contributed by atoms with Gasteiger partial charge in [0.2, 0.25) is 0 Å². The Morgan fingerprint density at radius 2 is 1.22 bits per heavy atom. The normalized spacial score (nSPS) is 14.8. The Morgan fingerprint density at radius 1 is 0.778 bits per heavy atom. The Morgan fingerprint density at radius 3 is 1.50 bits per heavy atom. The summed E-state index contributed by atoms with van der Waals surface area (Å²) in [5, 5.41) is 0. The lowest BCUT2D eigenvalue weighted by Gasteiger charge is -2.37. The molecule has 0 heterocycles. The van der Waals surface area contributed by atoms with Crippen LogP contribution in [0.4, 0.5) is 0 Å². The van der Waals surface area contributed by atoms with Gasteiger partial charge in [-0.25, -0.2) is 0 Å². The molecule has 0 aliphatic rings. The minimum absolute atomic E-state index is 0.940. The largest absolute Gasteiger partial charge is 0.0694 e. The first kappa shape index (κ1) is 18.4. The molecule has 18 heavy (non-hydrogen) atoms. The molecule has 0 N–H and O–H groups in total. The first-order chi connectivity index (χ1) is 8.29. The highest BCUT2D eigenvalue weighted by atomic mass is 28.3. The van der Waals surface area contributed by atoms with E-state index in [9.17, 15) is 0 Å². The minimum atomic E-state index is -0.950. The van der Waals surface area contributed by atoms with E-state index in [0.717, 1.165) is 5.54 Å². The highest BCUT2D eigenvalue weighted by Crippen LogP contribution is 2.38. The number of unbranched alkanes of at least 4 members (excludes halogenated alkanes) is 2. The molecule has 0 saturated heterocycles. The number of hydrogen-bond donors (Lipinski definition) is 0. The van der Waals surface area contributed by atoms with E-state index in [0.29, 0.717) is 0 Å². The molecule has 0 aliphatic heterocycles.